The summed E-state index contributed by atoms with van der Waals surface area (Å²) in [5.74, 6) is -2.24. The topological polar surface area (TPSA) is 75.6 Å². The Balaban J connectivity index is 2.06. The Morgan fingerprint density at radius 3 is 2.58 bits per heavy atom. The summed E-state index contributed by atoms with van der Waals surface area (Å²) in [6, 6.07) is 10.7. The zero-order valence-corrected chi connectivity index (χ0v) is 13.4. The molecule has 0 aliphatic rings. The molecule has 0 radical (unpaired) electrons. The average Bonchev–Trinajstić information content (AvgIpc) is 2.59. The minimum absolute atomic E-state index is 0.0484. The van der Waals surface area contributed by atoms with Crippen LogP contribution in [0.5, 0.6) is 5.75 Å². The number of hydrogen-bond acceptors (Lipinski definition) is 3. The number of methoxy groups -OCH3 is 1. The molecule has 0 saturated heterocycles. The molecule has 0 saturated carbocycles. The molecule has 5 nitrogen and oxygen atoms in total. The van der Waals surface area contributed by atoms with Crippen molar-refractivity contribution >= 4 is 11.9 Å². The van der Waals surface area contributed by atoms with Gasteiger partial charge in [-0.15, -0.1) is 0 Å². The number of aromatic carboxylic acids is 1. The minimum Gasteiger partial charge on any atom is -0.496 e. The van der Waals surface area contributed by atoms with Crippen LogP contribution < -0.4 is 10.1 Å². The second-order valence-corrected chi connectivity index (χ2v) is 5.30. The molecule has 0 bridgehead atoms. The van der Waals surface area contributed by atoms with Crippen molar-refractivity contribution in [2.45, 2.75) is 19.4 Å². The van der Waals surface area contributed by atoms with E-state index in [-0.39, 0.29) is 23.8 Å². The van der Waals surface area contributed by atoms with E-state index in [9.17, 15) is 14.0 Å². The Hall–Kier alpha value is -2.89. The first-order valence-electron chi connectivity index (χ1n) is 7.36. The Labute approximate surface area is 139 Å². The first-order valence-corrected chi connectivity index (χ1v) is 7.36. The van der Waals surface area contributed by atoms with Gasteiger partial charge in [0.05, 0.1) is 13.0 Å². The molecule has 126 valence electrons. The van der Waals surface area contributed by atoms with E-state index in [0.29, 0.717) is 11.1 Å². The number of carboxylic acids is 1. The van der Waals surface area contributed by atoms with E-state index < -0.39 is 17.7 Å². The highest BCUT2D eigenvalue weighted by Crippen LogP contribution is 2.21. The maximum Gasteiger partial charge on any atom is 0.339 e. The highest BCUT2D eigenvalue weighted by atomic mass is 19.1. The molecular formula is C18H18FNO4. The lowest BCUT2D eigenvalue weighted by Gasteiger charge is -2.14. The van der Waals surface area contributed by atoms with Crippen molar-refractivity contribution in [2.24, 2.45) is 0 Å². The summed E-state index contributed by atoms with van der Waals surface area (Å²) in [5, 5.41) is 11.8. The van der Waals surface area contributed by atoms with E-state index in [4.69, 9.17) is 9.84 Å². The van der Waals surface area contributed by atoms with Gasteiger partial charge in [-0.25, -0.2) is 9.18 Å². The first-order chi connectivity index (χ1) is 11.4. The largest absolute Gasteiger partial charge is 0.496 e. The average molecular weight is 331 g/mol. The Kier molecular flexibility index (Phi) is 5.52. The first kappa shape index (κ1) is 17.5. The number of halogens is 1. The normalized spacial score (nSPS) is 11.6. The van der Waals surface area contributed by atoms with Gasteiger partial charge in [-0.2, -0.15) is 0 Å². The molecule has 0 aromatic heterocycles. The number of benzene rings is 2. The van der Waals surface area contributed by atoms with Crippen LogP contribution in [0.2, 0.25) is 0 Å². The van der Waals surface area contributed by atoms with Crippen LogP contribution in [-0.2, 0) is 11.3 Å². The van der Waals surface area contributed by atoms with Crippen LogP contribution >= 0.6 is 0 Å². The fourth-order valence-electron chi connectivity index (χ4n) is 2.33. The summed E-state index contributed by atoms with van der Waals surface area (Å²) in [6.45, 7) is 1.82. The van der Waals surface area contributed by atoms with Gasteiger partial charge in [0.25, 0.3) is 0 Å². The van der Waals surface area contributed by atoms with Crippen LogP contribution in [0.15, 0.2) is 42.5 Å². The van der Waals surface area contributed by atoms with E-state index in [0.717, 1.165) is 0 Å². The molecule has 2 N–H and O–H groups in total. The van der Waals surface area contributed by atoms with Gasteiger partial charge in [0.15, 0.2) is 0 Å². The lowest BCUT2D eigenvalue weighted by molar-refractivity contribution is -0.122. The van der Waals surface area contributed by atoms with Gasteiger partial charge < -0.3 is 15.2 Å². The molecule has 0 unspecified atom stereocenters. The maximum absolute atomic E-state index is 13.7. The maximum atomic E-state index is 13.7. The molecule has 2 aromatic carbocycles. The predicted molar refractivity (Wildman–Crippen MR) is 86.6 cm³/mol. The predicted octanol–water partition coefficient (Wildman–Crippen LogP) is 2.95. The van der Waals surface area contributed by atoms with Crippen molar-refractivity contribution in [3.05, 3.63) is 65.0 Å². The molecule has 0 aliphatic carbocycles. The van der Waals surface area contributed by atoms with E-state index in [1.54, 1.807) is 37.3 Å². The molecule has 6 heteroatoms. The van der Waals surface area contributed by atoms with E-state index in [1.165, 1.54) is 19.2 Å². The monoisotopic (exact) mass is 331 g/mol. The summed E-state index contributed by atoms with van der Waals surface area (Å²) < 4.78 is 18.8. The van der Waals surface area contributed by atoms with Crippen molar-refractivity contribution in [3.63, 3.8) is 0 Å². The number of ether oxygens (including phenoxy) is 1. The van der Waals surface area contributed by atoms with Gasteiger partial charge in [0.2, 0.25) is 5.91 Å². The van der Waals surface area contributed by atoms with Gasteiger partial charge in [0.1, 0.15) is 17.1 Å². The number of carbonyl (C=O) groups excluding carboxylic acids is 1. The molecule has 1 amide bonds. The van der Waals surface area contributed by atoms with Crippen LogP contribution in [-0.4, -0.2) is 24.1 Å². The molecule has 0 spiro atoms. The Morgan fingerprint density at radius 2 is 1.96 bits per heavy atom. The van der Waals surface area contributed by atoms with Gasteiger partial charge >= 0.3 is 5.97 Å². The summed E-state index contributed by atoms with van der Waals surface area (Å²) in [7, 11) is 1.38. The van der Waals surface area contributed by atoms with Crippen LogP contribution in [0.25, 0.3) is 0 Å². The number of nitrogens with one attached hydrogen (secondary N) is 1. The van der Waals surface area contributed by atoms with Gasteiger partial charge in [0, 0.05) is 6.54 Å². The fraction of sp³-hybridized carbons (Fsp3) is 0.222. The number of rotatable bonds is 6. The second-order valence-electron chi connectivity index (χ2n) is 5.30. The molecular weight excluding hydrogens is 313 g/mol. The highest BCUT2D eigenvalue weighted by molar-refractivity contribution is 5.91. The van der Waals surface area contributed by atoms with Crippen molar-refractivity contribution in [3.8, 4) is 5.75 Å². The van der Waals surface area contributed by atoms with Crippen LogP contribution in [0.4, 0.5) is 4.39 Å². The van der Waals surface area contributed by atoms with E-state index in [2.05, 4.69) is 5.32 Å². The molecule has 0 fully saturated rings. The van der Waals surface area contributed by atoms with Gasteiger partial charge in [-0.1, -0.05) is 24.3 Å². The third-order valence-electron chi connectivity index (χ3n) is 3.73. The van der Waals surface area contributed by atoms with Crippen molar-refractivity contribution in [1.82, 2.24) is 5.32 Å². The second kappa shape index (κ2) is 7.59. The third-order valence-corrected chi connectivity index (χ3v) is 3.73. The van der Waals surface area contributed by atoms with E-state index >= 15 is 0 Å². The number of carboxylic acid groups (broad SMARTS) is 1. The van der Waals surface area contributed by atoms with Gasteiger partial charge in [-0.05, 0) is 36.2 Å². The summed E-state index contributed by atoms with van der Waals surface area (Å²) in [5.41, 5.74) is 1.06. The SMILES string of the molecule is COc1cc(CNC(=O)[C@H](C)c2ccccc2F)ccc1C(=O)O. The third kappa shape index (κ3) is 3.90. The number of hydrogen-bond donors (Lipinski definition) is 2. The van der Waals surface area contributed by atoms with Gasteiger partial charge in [-0.3, -0.25) is 4.79 Å². The van der Waals surface area contributed by atoms with E-state index in [1.807, 2.05) is 0 Å². The molecule has 2 aromatic rings. The molecule has 0 heterocycles. The Morgan fingerprint density at radius 1 is 1.25 bits per heavy atom. The van der Waals surface area contributed by atoms with Crippen molar-refractivity contribution < 1.29 is 23.8 Å². The van der Waals surface area contributed by atoms with Crippen molar-refractivity contribution in [2.75, 3.05) is 7.11 Å². The number of amides is 1. The quantitative estimate of drug-likeness (QED) is 0.853. The molecule has 1 atom stereocenters. The Bertz CT molecular complexity index is 760. The highest BCUT2D eigenvalue weighted by Gasteiger charge is 2.18. The molecule has 2 rings (SSSR count). The zero-order chi connectivity index (χ0) is 17.7. The lowest BCUT2D eigenvalue weighted by atomic mass is 9.99. The van der Waals surface area contributed by atoms with Crippen LogP contribution in [0.1, 0.15) is 34.3 Å². The lowest BCUT2D eigenvalue weighted by Crippen LogP contribution is -2.28. The minimum atomic E-state index is -1.09. The van der Waals surface area contributed by atoms with Crippen LogP contribution in [0.3, 0.4) is 0 Å². The number of carbonyl (C=O) groups is 2. The standard InChI is InChI=1S/C18H18FNO4/c1-11(13-5-3-4-6-15(13)19)17(21)20-10-12-7-8-14(18(22)23)16(9-12)24-2/h3-9,11H,10H2,1-2H3,(H,20,21)(H,22,23)/t11-/m1/s1. The fourth-order valence-corrected chi connectivity index (χ4v) is 2.33. The zero-order valence-electron chi connectivity index (χ0n) is 13.4. The van der Waals surface area contributed by atoms with Crippen molar-refractivity contribution in [1.29, 1.82) is 0 Å². The van der Waals surface area contributed by atoms with Crippen LogP contribution in [0, 0.1) is 5.82 Å². The summed E-state index contributed by atoms with van der Waals surface area (Å²) in [4.78, 5) is 23.2. The molecule has 24 heavy (non-hydrogen) atoms. The molecule has 0 aliphatic heterocycles. The summed E-state index contributed by atoms with van der Waals surface area (Å²) >= 11 is 0. The summed E-state index contributed by atoms with van der Waals surface area (Å²) in [6.07, 6.45) is 0. The smallest absolute Gasteiger partial charge is 0.339 e.